The Labute approximate surface area is 89.3 Å². The van der Waals surface area contributed by atoms with Crippen molar-refractivity contribution in [2.24, 2.45) is 5.73 Å². The summed E-state index contributed by atoms with van der Waals surface area (Å²) >= 11 is 0. The Kier molecular flexibility index (Phi) is 5.45. The maximum absolute atomic E-state index is 11.0. The fourth-order valence-corrected chi connectivity index (χ4v) is 1.46. The zero-order valence-corrected chi connectivity index (χ0v) is 9.63. The van der Waals surface area contributed by atoms with Crippen molar-refractivity contribution in [2.45, 2.75) is 32.2 Å². The lowest BCUT2D eigenvalue weighted by Gasteiger charge is -2.06. The first-order valence-corrected chi connectivity index (χ1v) is 6.38. The second-order valence-corrected chi connectivity index (χ2v) is 5.16. The second-order valence-electron chi connectivity index (χ2n) is 3.41. The van der Waals surface area contributed by atoms with Crippen molar-refractivity contribution in [2.75, 3.05) is 6.26 Å². The molecule has 1 unspecified atom stereocenters. The summed E-state index contributed by atoms with van der Waals surface area (Å²) in [6.07, 6.45) is 1.73. The van der Waals surface area contributed by atoms with Crippen molar-refractivity contribution in [3.63, 3.8) is 0 Å². The Morgan fingerprint density at radius 2 is 1.93 bits per heavy atom. The van der Waals surface area contributed by atoms with Gasteiger partial charge in [0.1, 0.15) is 5.78 Å². The molecule has 0 saturated carbocycles. The van der Waals surface area contributed by atoms with E-state index in [4.69, 9.17) is 5.73 Å². The predicted molar refractivity (Wildman–Crippen MR) is 55.5 cm³/mol. The maximum atomic E-state index is 11.0. The van der Waals surface area contributed by atoms with E-state index in [-0.39, 0.29) is 12.2 Å². The van der Waals surface area contributed by atoms with Crippen LogP contribution in [0.5, 0.6) is 0 Å². The molecule has 0 aromatic heterocycles. The van der Waals surface area contributed by atoms with Crippen molar-refractivity contribution >= 4 is 21.7 Å². The van der Waals surface area contributed by atoms with Gasteiger partial charge < -0.3 is 5.73 Å². The Morgan fingerprint density at radius 1 is 1.40 bits per heavy atom. The molecule has 0 aliphatic heterocycles. The number of ketones is 1. The zero-order valence-electron chi connectivity index (χ0n) is 8.82. The van der Waals surface area contributed by atoms with E-state index >= 15 is 0 Å². The van der Waals surface area contributed by atoms with Crippen LogP contribution in [0.25, 0.3) is 0 Å². The molecule has 15 heavy (non-hydrogen) atoms. The molecular formula is C8H16N2O4S. The molecule has 6 nitrogen and oxygen atoms in total. The Balaban J connectivity index is 3.79. The molecular weight excluding hydrogens is 220 g/mol. The molecule has 0 saturated heterocycles. The SMILES string of the molecule is CC(=O)C(N)CCCC(=O)NS(C)(=O)=O. The molecule has 7 heteroatoms. The molecule has 0 rings (SSSR count). The third-order valence-corrected chi connectivity index (χ3v) is 2.34. The summed E-state index contributed by atoms with van der Waals surface area (Å²) in [4.78, 5) is 21.7. The monoisotopic (exact) mass is 236 g/mol. The van der Waals surface area contributed by atoms with Gasteiger partial charge in [-0.05, 0) is 19.8 Å². The van der Waals surface area contributed by atoms with Crippen molar-refractivity contribution < 1.29 is 18.0 Å². The lowest BCUT2D eigenvalue weighted by Crippen LogP contribution is -2.31. The number of carbonyl (C=O) groups is 2. The first kappa shape index (κ1) is 14.1. The van der Waals surface area contributed by atoms with Gasteiger partial charge >= 0.3 is 0 Å². The lowest BCUT2D eigenvalue weighted by atomic mass is 10.1. The van der Waals surface area contributed by atoms with Crippen molar-refractivity contribution in [3.8, 4) is 0 Å². The largest absolute Gasteiger partial charge is 0.322 e. The minimum atomic E-state index is -3.49. The summed E-state index contributed by atoms with van der Waals surface area (Å²) < 4.78 is 23.1. The van der Waals surface area contributed by atoms with Gasteiger partial charge in [-0.15, -0.1) is 0 Å². The van der Waals surface area contributed by atoms with Crippen LogP contribution < -0.4 is 10.5 Å². The van der Waals surface area contributed by atoms with E-state index in [0.29, 0.717) is 12.8 Å². The van der Waals surface area contributed by atoms with E-state index < -0.39 is 22.0 Å². The maximum Gasteiger partial charge on any atom is 0.233 e. The van der Waals surface area contributed by atoms with Crippen LogP contribution in [0.3, 0.4) is 0 Å². The fraction of sp³-hybridized carbons (Fsp3) is 0.750. The number of rotatable bonds is 6. The summed E-state index contributed by atoms with van der Waals surface area (Å²) in [6.45, 7) is 1.38. The molecule has 0 aliphatic rings. The van der Waals surface area contributed by atoms with E-state index in [9.17, 15) is 18.0 Å². The predicted octanol–water partition coefficient (Wildman–Crippen LogP) is -0.851. The molecule has 0 aromatic carbocycles. The summed E-state index contributed by atoms with van der Waals surface area (Å²) in [5.41, 5.74) is 5.43. The van der Waals surface area contributed by atoms with Crippen LogP contribution in [0.15, 0.2) is 0 Å². The van der Waals surface area contributed by atoms with E-state index in [1.165, 1.54) is 6.92 Å². The van der Waals surface area contributed by atoms with Gasteiger partial charge in [0.2, 0.25) is 15.9 Å². The summed E-state index contributed by atoms with van der Waals surface area (Å²) in [5.74, 6) is -0.716. The quantitative estimate of drug-likeness (QED) is 0.624. The van der Waals surface area contributed by atoms with E-state index in [1.54, 1.807) is 0 Å². The molecule has 1 amide bonds. The minimum absolute atomic E-state index is 0.0497. The highest BCUT2D eigenvalue weighted by Crippen LogP contribution is 2.00. The molecule has 0 radical (unpaired) electrons. The standard InChI is InChI=1S/C8H16N2O4S/c1-6(11)7(9)4-3-5-8(12)10-15(2,13)14/h7H,3-5,9H2,1-2H3,(H,10,12). The number of amides is 1. The van der Waals surface area contributed by atoms with Gasteiger partial charge in [-0.25, -0.2) is 8.42 Å². The summed E-state index contributed by atoms with van der Waals surface area (Å²) in [6, 6.07) is -0.573. The van der Waals surface area contributed by atoms with E-state index in [1.807, 2.05) is 4.72 Å². The highest BCUT2D eigenvalue weighted by atomic mass is 32.2. The van der Waals surface area contributed by atoms with Gasteiger partial charge in [-0.3, -0.25) is 14.3 Å². The van der Waals surface area contributed by atoms with Crippen molar-refractivity contribution in [1.82, 2.24) is 4.72 Å². The van der Waals surface area contributed by atoms with Crippen LogP contribution in [0.4, 0.5) is 0 Å². The molecule has 0 heterocycles. The lowest BCUT2D eigenvalue weighted by molar-refractivity contribution is -0.120. The van der Waals surface area contributed by atoms with Crippen LogP contribution in [0.2, 0.25) is 0 Å². The molecule has 88 valence electrons. The summed E-state index contributed by atoms with van der Waals surface area (Å²) in [5, 5.41) is 0. The van der Waals surface area contributed by atoms with Crippen LogP contribution in [-0.2, 0) is 19.6 Å². The topological polar surface area (TPSA) is 106 Å². The molecule has 0 bridgehead atoms. The number of Topliss-reactive ketones (excluding diaryl/α,β-unsaturated/α-hetero) is 1. The van der Waals surface area contributed by atoms with Gasteiger partial charge in [0.05, 0.1) is 12.3 Å². The molecule has 0 aromatic rings. The molecule has 0 fully saturated rings. The van der Waals surface area contributed by atoms with E-state index in [2.05, 4.69) is 0 Å². The second kappa shape index (κ2) is 5.82. The van der Waals surface area contributed by atoms with E-state index in [0.717, 1.165) is 6.26 Å². The minimum Gasteiger partial charge on any atom is -0.322 e. The molecule has 0 spiro atoms. The molecule has 1 atom stereocenters. The van der Waals surface area contributed by atoms with Gasteiger partial charge in [-0.1, -0.05) is 0 Å². The number of hydrogen-bond donors (Lipinski definition) is 2. The van der Waals surface area contributed by atoms with Crippen LogP contribution >= 0.6 is 0 Å². The van der Waals surface area contributed by atoms with Gasteiger partial charge in [0, 0.05) is 6.42 Å². The Hall–Kier alpha value is -0.950. The highest BCUT2D eigenvalue weighted by Gasteiger charge is 2.11. The van der Waals surface area contributed by atoms with Crippen molar-refractivity contribution in [3.05, 3.63) is 0 Å². The Morgan fingerprint density at radius 3 is 2.33 bits per heavy atom. The Bertz CT molecular complexity index is 337. The average Bonchev–Trinajstić information content (AvgIpc) is 2.00. The summed E-state index contributed by atoms with van der Waals surface area (Å²) in [7, 11) is -3.49. The van der Waals surface area contributed by atoms with Gasteiger partial charge in [-0.2, -0.15) is 0 Å². The zero-order chi connectivity index (χ0) is 12.1. The van der Waals surface area contributed by atoms with Crippen LogP contribution in [0.1, 0.15) is 26.2 Å². The average molecular weight is 236 g/mol. The molecule has 3 N–H and O–H groups in total. The third-order valence-electron chi connectivity index (χ3n) is 1.74. The normalized spacial score (nSPS) is 13.3. The number of hydrogen-bond acceptors (Lipinski definition) is 5. The van der Waals surface area contributed by atoms with Crippen molar-refractivity contribution in [1.29, 1.82) is 0 Å². The smallest absolute Gasteiger partial charge is 0.233 e. The number of carbonyl (C=O) groups excluding carboxylic acids is 2. The molecule has 0 aliphatic carbocycles. The van der Waals surface area contributed by atoms with Crippen LogP contribution in [0, 0.1) is 0 Å². The number of sulfonamides is 1. The van der Waals surface area contributed by atoms with Gasteiger partial charge in [0.25, 0.3) is 0 Å². The highest BCUT2D eigenvalue weighted by molar-refractivity contribution is 7.89. The number of nitrogens with one attached hydrogen (secondary N) is 1. The third kappa shape index (κ3) is 8.07. The number of nitrogens with two attached hydrogens (primary N) is 1. The van der Waals surface area contributed by atoms with Gasteiger partial charge in [0.15, 0.2) is 0 Å². The fourth-order valence-electron chi connectivity index (χ4n) is 0.944. The van der Waals surface area contributed by atoms with Crippen LogP contribution in [-0.4, -0.2) is 32.4 Å². The first-order valence-electron chi connectivity index (χ1n) is 4.49. The first-order chi connectivity index (χ1) is 6.72.